The van der Waals surface area contributed by atoms with Gasteiger partial charge in [-0.25, -0.2) is 4.39 Å². The highest BCUT2D eigenvalue weighted by Crippen LogP contribution is 2.33. The van der Waals surface area contributed by atoms with Crippen LogP contribution in [0.15, 0.2) is 18.2 Å². The lowest BCUT2D eigenvalue weighted by Crippen LogP contribution is -2.45. The molecule has 0 aromatic heterocycles. The van der Waals surface area contributed by atoms with Crippen LogP contribution in [0.25, 0.3) is 0 Å². The summed E-state index contributed by atoms with van der Waals surface area (Å²) >= 11 is 0. The Morgan fingerprint density at radius 1 is 1.37 bits per heavy atom. The maximum absolute atomic E-state index is 13.5. The minimum absolute atomic E-state index is 0.105. The molecule has 0 heterocycles. The molecule has 0 radical (unpaired) electrons. The first-order chi connectivity index (χ1) is 8.81. The zero-order valence-electron chi connectivity index (χ0n) is 12.5. The van der Waals surface area contributed by atoms with Crippen molar-refractivity contribution in [3.63, 3.8) is 0 Å². The molecular formula is C15H25FN2O. The van der Waals surface area contributed by atoms with Crippen molar-refractivity contribution in [2.24, 2.45) is 11.3 Å². The third kappa shape index (κ3) is 4.00. The highest BCUT2D eigenvalue weighted by molar-refractivity contribution is 5.30. The van der Waals surface area contributed by atoms with E-state index in [0.717, 1.165) is 11.1 Å². The van der Waals surface area contributed by atoms with E-state index in [2.05, 4.69) is 26.2 Å². The van der Waals surface area contributed by atoms with Gasteiger partial charge in [0.05, 0.1) is 12.1 Å². The van der Waals surface area contributed by atoms with Crippen LogP contribution in [0.4, 0.5) is 4.39 Å². The van der Waals surface area contributed by atoms with E-state index in [0.29, 0.717) is 6.61 Å². The summed E-state index contributed by atoms with van der Waals surface area (Å²) in [5.74, 6) is 5.44. The molecule has 1 aromatic carbocycles. The molecule has 0 amide bonds. The van der Waals surface area contributed by atoms with Crippen LogP contribution < -0.4 is 11.3 Å². The summed E-state index contributed by atoms with van der Waals surface area (Å²) in [6.07, 6.45) is -0.136. The molecule has 0 saturated carbocycles. The van der Waals surface area contributed by atoms with Crippen LogP contribution in [0.1, 0.15) is 44.9 Å². The third-order valence-corrected chi connectivity index (χ3v) is 3.26. The molecule has 0 fully saturated rings. The second kappa shape index (κ2) is 6.46. The maximum atomic E-state index is 13.5. The quantitative estimate of drug-likeness (QED) is 0.637. The van der Waals surface area contributed by atoms with Crippen LogP contribution in [0, 0.1) is 18.2 Å². The van der Waals surface area contributed by atoms with Crippen molar-refractivity contribution in [1.29, 1.82) is 0 Å². The zero-order chi connectivity index (χ0) is 14.6. The minimum Gasteiger partial charge on any atom is -0.376 e. The lowest BCUT2D eigenvalue weighted by molar-refractivity contribution is -0.0368. The van der Waals surface area contributed by atoms with Crippen LogP contribution in [0.3, 0.4) is 0 Å². The van der Waals surface area contributed by atoms with Gasteiger partial charge in [0.2, 0.25) is 0 Å². The van der Waals surface area contributed by atoms with Crippen molar-refractivity contribution in [2.45, 2.75) is 46.8 Å². The number of hydrogen-bond acceptors (Lipinski definition) is 3. The number of ether oxygens (including phenoxy) is 1. The maximum Gasteiger partial charge on any atom is 0.123 e. The fourth-order valence-corrected chi connectivity index (χ4v) is 2.31. The number of rotatable bonds is 5. The van der Waals surface area contributed by atoms with Gasteiger partial charge in [0, 0.05) is 6.61 Å². The van der Waals surface area contributed by atoms with Crippen molar-refractivity contribution in [1.82, 2.24) is 5.43 Å². The van der Waals surface area contributed by atoms with Gasteiger partial charge < -0.3 is 4.74 Å². The number of hydrogen-bond donors (Lipinski definition) is 2. The van der Waals surface area contributed by atoms with Gasteiger partial charge >= 0.3 is 0 Å². The predicted molar refractivity (Wildman–Crippen MR) is 76.1 cm³/mol. The Kier molecular flexibility index (Phi) is 5.47. The predicted octanol–water partition coefficient (Wildman–Crippen LogP) is 3.09. The molecule has 1 rings (SSSR count). The normalized spacial score (nSPS) is 15.3. The van der Waals surface area contributed by atoms with E-state index in [1.807, 2.05) is 13.8 Å². The van der Waals surface area contributed by atoms with Gasteiger partial charge in [-0.3, -0.25) is 11.3 Å². The van der Waals surface area contributed by atoms with Crippen LogP contribution in [0.5, 0.6) is 0 Å². The Labute approximate surface area is 115 Å². The van der Waals surface area contributed by atoms with Crippen LogP contribution >= 0.6 is 0 Å². The van der Waals surface area contributed by atoms with Gasteiger partial charge in [0.25, 0.3) is 0 Å². The topological polar surface area (TPSA) is 47.3 Å². The lowest BCUT2D eigenvalue weighted by atomic mass is 9.81. The molecule has 19 heavy (non-hydrogen) atoms. The monoisotopic (exact) mass is 268 g/mol. The van der Waals surface area contributed by atoms with E-state index in [4.69, 9.17) is 10.6 Å². The van der Waals surface area contributed by atoms with E-state index in [9.17, 15) is 4.39 Å². The summed E-state index contributed by atoms with van der Waals surface area (Å²) in [4.78, 5) is 0. The number of halogens is 1. The smallest absolute Gasteiger partial charge is 0.123 e. The third-order valence-electron chi connectivity index (χ3n) is 3.26. The number of nitrogens with one attached hydrogen (secondary N) is 1. The molecule has 2 atom stereocenters. The fraction of sp³-hybridized carbons (Fsp3) is 0.600. The Bertz CT molecular complexity index is 415. The number of aryl methyl sites for hydroxylation is 1. The molecule has 3 nitrogen and oxygen atoms in total. The van der Waals surface area contributed by atoms with E-state index >= 15 is 0 Å². The molecular weight excluding hydrogens is 243 g/mol. The van der Waals surface area contributed by atoms with Gasteiger partial charge in [0.15, 0.2) is 0 Å². The van der Waals surface area contributed by atoms with Gasteiger partial charge in [-0.05, 0) is 42.5 Å². The van der Waals surface area contributed by atoms with Crippen molar-refractivity contribution in [3.05, 3.63) is 35.1 Å². The van der Waals surface area contributed by atoms with Crippen molar-refractivity contribution in [3.8, 4) is 0 Å². The minimum atomic E-state index is -0.259. The van der Waals surface area contributed by atoms with Crippen molar-refractivity contribution >= 4 is 0 Å². The summed E-state index contributed by atoms with van der Waals surface area (Å²) in [7, 11) is 0. The standard InChI is InChI=1S/C15H25FN2O/c1-6-19-14(15(3,4)5)13(18-17)12-9-11(16)8-7-10(12)2/h7-9,13-14,18H,6,17H2,1-5H3. The molecule has 0 aliphatic carbocycles. The van der Waals surface area contributed by atoms with E-state index < -0.39 is 0 Å². The van der Waals surface area contributed by atoms with Crippen LogP contribution in [-0.2, 0) is 4.74 Å². The average molecular weight is 268 g/mol. The van der Waals surface area contributed by atoms with Gasteiger partial charge in [-0.1, -0.05) is 26.8 Å². The summed E-state index contributed by atoms with van der Waals surface area (Å²) in [6.45, 7) is 10.8. The Morgan fingerprint density at radius 3 is 2.47 bits per heavy atom. The van der Waals surface area contributed by atoms with Crippen molar-refractivity contribution in [2.75, 3.05) is 6.61 Å². The van der Waals surface area contributed by atoms with Gasteiger partial charge in [-0.2, -0.15) is 0 Å². The molecule has 0 spiro atoms. The second-order valence-electron chi connectivity index (χ2n) is 5.89. The average Bonchev–Trinajstić information content (AvgIpc) is 2.32. The summed E-state index contributed by atoms with van der Waals surface area (Å²) in [6, 6.07) is 4.51. The Balaban J connectivity index is 3.19. The molecule has 0 saturated heterocycles. The largest absolute Gasteiger partial charge is 0.376 e. The fourth-order valence-electron chi connectivity index (χ4n) is 2.31. The molecule has 0 aliphatic heterocycles. The van der Waals surface area contributed by atoms with E-state index in [1.54, 1.807) is 6.07 Å². The van der Waals surface area contributed by atoms with Crippen LogP contribution in [0.2, 0.25) is 0 Å². The summed E-state index contributed by atoms with van der Waals surface area (Å²) in [5.41, 5.74) is 4.52. The van der Waals surface area contributed by atoms with Crippen molar-refractivity contribution < 1.29 is 9.13 Å². The molecule has 2 unspecified atom stereocenters. The SMILES string of the molecule is CCOC(C(NN)c1cc(F)ccc1C)C(C)(C)C. The number of nitrogens with two attached hydrogens (primary N) is 1. The molecule has 0 bridgehead atoms. The van der Waals surface area contributed by atoms with E-state index in [-0.39, 0.29) is 23.4 Å². The second-order valence-corrected chi connectivity index (χ2v) is 5.89. The van der Waals surface area contributed by atoms with E-state index in [1.165, 1.54) is 12.1 Å². The first-order valence-electron chi connectivity index (χ1n) is 6.65. The molecule has 108 valence electrons. The first-order valence-corrected chi connectivity index (χ1v) is 6.65. The molecule has 0 aliphatic rings. The van der Waals surface area contributed by atoms with Gasteiger partial charge in [-0.15, -0.1) is 0 Å². The number of hydrazine groups is 1. The number of benzene rings is 1. The summed E-state index contributed by atoms with van der Waals surface area (Å²) in [5, 5.41) is 0. The Morgan fingerprint density at radius 2 is 2.00 bits per heavy atom. The summed E-state index contributed by atoms with van der Waals surface area (Å²) < 4.78 is 19.3. The highest BCUT2D eigenvalue weighted by atomic mass is 19.1. The Hall–Kier alpha value is -0.970. The van der Waals surface area contributed by atoms with Crippen LogP contribution in [-0.4, -0.2) is 12.7 Å². The molecule has 3 N–H and O–H groups in total. The lowest BCUT2D eigenvalue weighted by Gasteiger charge is -2.37. The zero-order valence-corrected chi connectivity index (χ0v) is 12.5. The highest BCUT2D eigenvalue weighted by Gasteiger charge is 2.34. The molecule has 4 heteroatoms. The van der Waals surface area contributed by atoms with Gasteiger partial charge in [0.1, 0.15) is 5.82 Å². The molecule has 1 aromatic rings. The first kappa shape index (κ1) is 16.1.